The largest absolute Gasteiger partial charge is 0.497 e. The summed E-state index contributed by atoms with van der Waals surface area (Å²) >= 11 is 0. The van der Waals surface area contributed by atoms with Crippen molar-refractivity contribution in [3.8, 4) is 5.75 Å². The average molecular weight is 317 g/mol. The number of ether oxygens (including phenoxy) is 2. The van der Waals surface area contributed by atoms with E-state index in [9.17, 15) is 5.11 Å². The molecule has 6 nitrogen and oxygen atoms in total. The molecule has 1 aromatic heterocycles. The molecule has 0 radical (unpaired) electrons. The highest BCUT2D eigenvalue weighted by atomic mass is 16.5. The van der Waals surface area contributed by atoms with Crippen LogP contribution < -0.4 is 10.1 Å². The molecular weight excluding hydrogens is 294 g/mol. The van der Waals surface area contributed by atoms with E-state index in [-0.39, 0.29) is 12.0 Å². The number of nitrogens with one attached hydrogen (secondary N) is 1. The summed E-state index contributed by atoms with van der Waals surface area (Å²) in [5.74, 6) is 1.54. The predicted octanol–water partition coefficient (Wildman–Crippen LogP) is 2.15. The molecule has 1 aliphatic rings. The van der Waals surface area contributed by atoms with Crippen LogP contribution in [0.2, 0.25) is 0 Å². The zero-order valence-corrected chi connectivity index (χ0v) is 13.6. The van der Waals surface area contributed by atoms with Gasteiger partial charge in [0, 0.05) is 31.2 Å². The second-order valence-electron chi connectivity index (χ2n) is 6.14. The van der Waals surface area contributed by atoms with Gasteiger partial charge < -0.3 is 19.9 Å². The molecule has 0 atom stereocenters. The summed E-state index contributed by atoms with van der Waals surface area (Å²) in [6.45, 7) is 4.16. The van der Waals surface area contributed by atoms with Crippen molar-refractivity contribution in [1.82, 2.24) is 9.97 Å². The number of hydrogen-bond donors (Lipinski definition) is 2. The molecule has 1 saturated heterocycles. The first-order valence-electron chi connectivity index (χ1n) is 7.91. The lowest BCUT2D eigenvalue weighted by molar-refractivity contribution is -0.00862. The van der Waals surface area contributed by atoms with Crippen molar-refractivity contribution >= 4 is 16.9 Å². The normalized spacial score (nSPS) is 17.2. The molecule has 0 aliphatic carbocycles. The third-order valence-corrected chi connectivity index (χ3v) is 4.57. The predicted molar refractivity (Wildman–Crippen MR) is 88.9 cm³/mol. The zero-order valence-electron chi connectivity index (χ0n) is 13.6. The molecule has 2 aromatic rings. The van der Waals surface area contributed by atoms with Crippen LogP contribution in [0.15, 0.2) is 18.2 Å². The summed E-state index contributed by atoms with van der Waals surface area (Å²) < 4.78 is 10.6. The first kappa shape index (κ1) is 16.0. The quantitative estimate of drug-likeness (QED) is 0.880. The van der Waals surface area contributed by atoms with Crippen LogP contribution in [-0.4, -0.2) is 48.5 Å². The Morgan fingerprint density at radius 1 is 1.26 bits per heavy atom. The molecule has 0 unspecified atom stereocenters. The highest BCUT2D eigenvalue weighted by molar-refractivity contribution is 5.78. The topological polar surface area (TPSA) is 76.5 Å². The van der Waals surface area contributed by atoms with E-state index in [1.807, 2.05) is 25.1 Å². The summed E-state index contributed by atoms with van der Waals surface area (Å²) in [5.41, 5.74) is 2.34. The number of fused-ring (bicyclic) bond motifs is 1. The molecule has 23 heavy (non-hydrogen) atoms. The van der Waals surface area contributed by atoms with Crippen molar-refractivity contribution in [3.05, 3.63) is 23.9 Å². The van der Waals surface area contributed by atoms with Gasteiger partial charge in [0.2, 0.25) is 0 Å². The van der Waals surface area contributed by atoms with Crippen molar-refractivity contribution in [1.29, 1.82) is 0 Å². The zero-order chi connectivity index (χ0) is 16.3. The Kier molecular flexibility index (Phi) is 4.63. The lowest BCUT2D eigenvalue weighted by atomic mass is 9.81. The Bertz CT molecular complexity index is 684. The number of methoxy groups -OCH3 is 1. The number of aliphatic hydroxyl groups excluding tert-OH is 1. The van der Waals surface area contributed by atoms with Gasteiger partial charge in [-0.05, 0) is 31.9 Å². The molecule has 0 bridgehead atoms. The van der Waals surface area contributed by atoms with Gasteiger partial charge in [0.05, 0.1) is 30.4 Å². The van der Waals surface area contributed by atoms with Crippen molar-refractivity contribution < 1.29 is 14.6 Å². The fraction of sp³-hybridized carbons (Fsp3) is 0.529. The van der Waals surface area contributed by atoms with Gasteiger partial charge in [0.25, 0.3) is 0 Å². The summed E-state index contributed by atoms with van der Waals surface area (Å²) in [6.07, 6.45) is 1.71. The van der Waals surface area contributed by atoms with Gasteiger partial charge in [-0.2, -0.15) is 0 Å². The lowest BCUT2D eigenvalue weighted by Crippen LogP contribution is -2.39. The van der Waals surface area contributed by atoms with E-state index in [1.165, 1.54) is 0 Å². The number of aryl methyl sites for hydroxylation is 1. The molecule has 124 valence electrons. The van der Waals surface area contributed by atoms with Crippen LogP contribution in [0.4, 0.5) is 5.82 Å². The fourth-order valence-corrected chi connectivity index (χ4v) is 2.88. The van der Waals surface area contributed by atoms with Gasteiger partial charge in [-0.3, -0.25) is 0 Å². The van der Waals surface area contributed by atoms with Gasteiger partial charge in [-0.15, -0.1) is 0 Å². The summed E-state index contributed by atoms with van der Waals surface area (Å²) in [6, 6.07) is 5.67. The molecule has 2 N–H and O–H groups in total. The molecule has 1 fully saturated rings. The molecule has 0 amide bonds. The molecule has 0 saturated carbocycles. The number of anilines is 1. The van der Waals surface area contributed by atoms with Crippen molar-refractivity contribution in [2.45, 2.75) is 19.8 Å². The van der Waals surface area contributed by atoms with Crippen LogP contribution in [0, 0.1) is 12.3 Å². The molecular formula is C17H23N3O3. The van der Waals surface area contributed by atoms with Crippen LogP contribution in [0.1, 0.15) is 18.5 Å². The SMILES string of the molecule is COc1ccc2nc(NCC3(CO)CCOCC3)c(C)nc2c1. The monoisotopic (exact) mass is 317 g/mol. The van der Waals surface area contributed by atoms with Gasteiger partial charge in [-0.1, -0.05) is 0 Å². The maximum atomic E-state index is 9.77. The Labute approximate surface area is 135 Å². The second-order valence-corrected chi connectivity index (χ2v) is 6.14. The number of nitrogens with zero attached hydrogens (tertiary/aromatic N) is 2. The Hall–Kier alpha value is -1.92. The number of benzene rings is 1. The summed E-state index contributed by atoms with van der Waals surface area (Å²) in [7, 11) is 1.64. The molecule has 1 aliphatic heterocycles. The Morgan fingerprint density at radius 3 is 2.74 bits per heavy atom. The third kappa shape index (κ3) is 3.38. The van der Waals surface area contributed by atoms with E-state index in [1.54, 1.807) is 7.11 Å². The maximum absolute atomic E-state index is 9.77. The first-order chi connectivity index (χ1) is 11.2. The van der Waals surface area contributed by atoms with E-state index >= 15 is 0 Å². The average Bonchev–Trinajstić information content (AvgIpc) is 2.60. The minimum absolute atomic E-state index is 0.138. The maximum Gasteiger partial charge on any atom is 0.148 e. The van der Waals surface area contributed by atoms with E-state index in [2.05, 4.69) is 15.3 Å². The van der Waals surface area contributed by atoms with Crippen LogP contribution >= 0.6 is 0 Å². The van der Waals surface area contributed by atoms with Crippen LogP contribution in [0.3, 0.4) is 0 Å². The minimum atomic E-state index is -0.138. The van der Waals surface area contributed by atoms with Gasteiger partial charge in [-0.25, -0.2) is 9.97 Å². The van der Waals surface area contributed by atoms with E-state index in [0.29, 0.717) is 19.8 Å². The van der Waals surface area contributed by atoms with Gasteiger partial charge in [0.1, 0.15) is 11.6 Å². The van der Waals surface area contributed by atoms with Crippen LogP contribution in [0.5, 0.6) is 5.75 Å². The van der Waals surface area contributed by atoms with Crippen molar-refractivity contribution in [2.24, 2.45) is 5.41 Å². The number of rotatable bonds is 5. The van der Waals surface area contributed by atoms with Crippen molar-refractivity contribution in [2.75, 3.05) is 38.8 Å². The number of aliphatic hydroxyl groups is 1. The smallest absolute Gasteiger partial charge is 0.148 e. The van der Waals surface area contributed by atoms with Gasteiger partial charge >= 0.3 is 0 Å². The Balaban J connectivity index is 1.81. The second kappa shape index (κ2) is 6.68. The highest BCUT2D eigenvalue weighted by Crippen LogP contribution is 2.30. The van der Waals surface area contributed by atoms with Gasteiger partial charge in [0.15, 0.2) is 0 Å². The van der Waals surface area contributed by atoms with E-state index in [0.717, 1.165) is 41.1 Å². The lowest BCUT2D eigenvalue weighted by Gasteiger charge is -2.35. The molecule has 3 rings (SSSR count). The van der Waals surface area contributed by atoms with Crippen LogP contribution in [-0.2, 0) is 4.74 Å². The number of aromatic nitrogens is 2. The molecule has 0 spiro atoms. The summed E-state index contributed by atoms with van der Waals surface area (Å²) in [5, 5.41) is 13.1. The highest BCUT2D eigenvalue weighted by Gasteiger charge is 2.32. The van der Waals surface area contributed by atoms with E-state index in [4.69, 9.17) is 9.47 Å². The molecule has 2 heterocycles. The molecule has 1 aromatic carbocycles. The number of hydrogen-bond acceptors (Lipinski definition) is 6. The summed E-state index contributed by atoms with van der Waals surface area (Å²) in [4.78, 5) is 9.26. The third-order valence-electron chi connectivity index (χ3n) is 4.57. The first-order valence-corrected chi connectivity index (χ1v) is 7.91. The fourth-order valence-electron chi connectivity index (χ4n) is 2.88. The Morgan fingerprint density at radius 2 is 2.04 bits per heavy atom. The van der Waals surface area contributed by atoms with Crippen LogP contribution in [0.25, 0.3) is 11.0 Å². The van der Waals surface area contributed by atoms with Crippen molar-refractivity contribution in [3.63, 3.8) is 0 Å². The minimum Gasteiger partial charge on any atom is -0.497 e. The molecule has 6 heteroatoms. The standard InChI is InChI=1S/C17H23N3O3/c1-12-16(18-10-17(11-21)5-7-23-8-6-17)20-14-4-3-13(22-2)9-15(14)19-12/h3-4,9,21H,5-8,10-11H2,1-2H3,(H,18,20). The van der Waals surface area contributed by atoms with E-state index < -0.39 is 0 Å².